The van der Waals surface area contributed by atoms with Crippen LogP contribution in [-0.4, -0.2) is 33.5 Å². The average molecular weight is 432 g/mol. The van der Waals surface area contributed by atoms with Crippen molar-refractivity contribution >= 4 is 12.0 Å². The number of amides is 1. The van der Waals surface area contributed by atoms with E-state index in [1.165, 1.54) is 12.1 Å². The van der Waals surface area contributed by atoms with Gasteiger partial charge < -0.3 is 14.2 Å². The molecule has 5 nitrogen and oxygen atoms in total. The van der Waals surface area contributed by atoms with E-state index in [-0.39, 0.29) is 23.8 Å². The van der Waals surface area contributed by atoms with Crippen LogP contribution >= 0.6 is 0 Å². The standard InChI is InChI=1S/C26H26FN3O2/c1-17-15-29(16-28-17)24-11-6-18(13-25(24)32-2)12-20-14-22-4-3-5-23(30(22)26(20)31)19-7-9-21(27)10-8-19/h6-13,15-16,22-23H,3-5,14H2,1-2H3/t22-,23-/m0/s1. The summed E-state index contributed by atoms with van der Waals surface area (Å²) in [7, 11) is 1.65. The maximum atomic E-state index is 13.4. The summed E-state index contributed by atoms with van der Waals surface area (Å²) < 4.78 is 20.9. The number of piperidine rings is 1. The van der Waals surface area contributed by atoms with Gasteiger partial charge in [-0.15, -0.1) is 0 Å². The molecule has 0 unspecified atom stereocenters. The zero-order valence-electron chi connectivity index (χ0n) is 18.3. The van der Waals surface area contributed by atoms with Gasteiger partial charge in [0, 0.05) is 17.8 Å². The first-order chi connectivity index (χ1) is 15.5. The maximum Gasteiger partial charge on any atom is 0.250 e. The maximum absolute atomic E-state index is 13.4. The molecule has 6 heteroatoms. The Morgan fingerprint density at radius 2 is 1.97 bits per heavy atom. The molecule has 1 amide bonds. The summed E-state index contributed by atoms with van der Waals surface area (Å²) in [5.74, 6) is 0.555. The SMILES string of the molecule is COc1cc(C=C2C[C@@H]3CCC[C@@H](c4ccc(F)cc4)N3C2=O)ccc1-n1cnc(C)c1. The molecule has 5 rings (SSSR count). The number of carbonyl (C=O) groups excluding carboxylic acids is 1. The van der Waals surface area contributed by atoms with Gasteiger partial charge in [0.05, 0.1) is 30.9 Å². The molecule has 0 aliphatic carbocycles. The second-order valence-electron chi connectivity index (χ2n) is 8.59. The number of benzene rings is 2. The number of aryl methyl sites for hydroxylation is 1. The number of carbonyl (C=O) groups is 1. The Morgan fingerprint density at radius 1 is 1.16 bits per heavy atom. The van der Waals surface area contributed by atoms with Crippen LogP contribution in [0.25, 0.3) is 11.8 Å². The van der Waals surface area contributed by atoms with Crippen molar-refractivity contribution in [2.75, 3.05) is 7.11 Å². The minimum atomic E-state index is -0.252. The predicted molar refractivity (Wildman–Crippen MR) is 121 cm³/mol. The Kier molecular flexibility index (Phi) is 5.29. The fourth-order valence-corrected chi connectivity index (χ4v) is 4.98. The molecule has 2 aliphatic rings. The topological polar surface area (TPSA) is 47.4 Å². The number of rotatable bonds is 4. The molecule has 0 N–H and O–H groups in total. The molecular formula is C26H26FN3O2. The van der Waals surface area contributed by atoms with E-state index < -0.39 is 0 Å². The molecule has 3 aromatic rings. The highest BCUT2D eigenvalue weighted by atomic mass is 19.1. The summed E-state index contributed by atoms with van der Waals surface area (Å²) in [5, 5.41) is 0. The third-order valence-electron chi connectivity index (χ3n) is 6.50. The minimum Gasteiger partial charge on any atom is -0.495 e. The van der Waals surface area contributed by atoms with Crippen molar-refractivity contribution < 1.29 is 13.9 Å². The average Bonchev–Trinajstić information content (AvgIpc) is 3.37. The number of fused-ring (bicyclic) bond motifs is 1. The molecule has 2 aromatic carbocycles. The highest BCUT2D eigenvalue weighted by Crippen LogP contribution is 2.42. The van der Waals surface area contributed by atoms with Gasteiger partial charge in [0.25, 0.3) is 5.91 Å². The number of hydrogen-bond donors (Lipinski definition) is 0. The summed E-state index contributed by atoms with van der Waals surface area (Å²) in [5.41, 5.74) is 4.59. The molecule has 2 aliphatic heterocycles. The monoisotopic (exact) mass is 431 g/mol. The molecule has 32 heavy (non-hydrogen) atoms. The highest BCUT2D eigenvalue weighted by Gasteiger charge is 2.42. The fourth-order valence-electron chi connectivity index (χ4n) is 4.98. The predicted octanol–water partition coefficient (Wildman–Crippen LogP) is 5.24. The van der Waals surface area contributed by atoms with Gasteiger partial charge >= 0.3 is 0 Å². The molecule has 3 heterocycles. The Morgan fingerprint density at radius 3 is 2.69 bits per heavy atom. The largest absolute Gasteiger partial charge is 0.495 e. The first kappa shape index (κ1) is 20.5. The van der Waals surface area contributed by atoms with Crippen molar-refractivity contribution in [3.8, 4) is 11.4 Å². The number of ether oxygens (including phenoxy) is 1. The van der Waals surface area contributed by atoms with Crippen molar-refractivity contribution in [2.45, 2.75) is 44.7 Å². The van der Waals surface area contributed by atoms with Gasteiger partial charge in [-0.1, -0.05) is 18.2 Å². The molecule has 0 spiro atoms. The van der Waals surface area contributed by atoms with Crippen LogP contribution in [0.1, 0.15) is 48.5 Å². The quantitative estimate of drug-likeness (QED) is 0.531. The number of hydrogen-bond acceptors (Lipinski definition) is 3. The molecule has 0 radical (unpaired) electrons. The lowest BCUT2D eigenvalue weighted by molar-refractivity contribution is -0.130. The van der Waals surface area contributed by atoms with Crippen molar-refractivity contribution in [2.24, 2.45) is 0 Å². The number of aromatic nitrogens is 2. The van der Waals surface area contributed by atoms with Crippen LogP contribution in [0.2, 0.25) is 0 Å². The third-order valence-corrected chi connectivity index (χ3v) is 6.50. The van der Waals surface area contributed by atoms with E-state index in [1.807, 2.05) is 46.9 Å². The van der Waals surface area contributed by atoms with E-state index >= 15 is 0 Å². The zero-order chi connectivity index (χ0) is 22.2. The van der Waals surface area contributed by atoms with Gasteiger partial charge in [0.15, 0.2) is 0 Å². The van der Waals surface area contributed by atoms with E-state index in [9.17, 15) is 9.18 Å². The van der Waals surface area contributed by atoms with Crippen molar-refractivity contribution in [1.82, 2.24) is 14.5 Å². The number of methoxy groups -OCH3 is 1. The van der Waals surface area contributed by atoms with Crippen LogP contribution in [0.15, 0.2) is 60.6 Å². The van der Waals surface area contributed by atoms with Crippen LogP contribution < -0.4 is 4.74 Å². The minimum absolute atomic E-state index is 0.00847. The van der Waals surface area contributed by atoms with Crippen molar-refractivity contribution in [3.63, 3.8) is 0 Å². The first-order valence-corrected chi connectivity index (χ1v) is 11.0. The Balaban J connectivity index is 1.43. The number of halogens is 1. The molecule has 164 valence electrons. The van der Waals surface area contributed by atoms with Crippen LogP contribution in [0, 0.1) is 12.7 Å². The third kappa shape index (κ3) is 3.70. The van der Waals surface area contributed by atoms with Gasteiger partial charge in [-0.05, 0) is 74.1 Å². The lowest BCUT2D eigenvalue weighted by atomic mass is 9.91. The van der Waals surface area contributed by atoms with Gasteiger partial charge in [-0.2, -0.15) is 0 Å². The Bertz CT molecular complexity index is 1180. The first-order valence-electron chi connectivity index (χ1n) is 11.0. The summed E-state index contributed by atoms with van der Waals surface area (Å²) in [4.78, 5) is 19.7. The molecule has 2 saturated heterocycles. The fraction of sp³-hybridized carbons (Fsp3) is 0.308. The molecule has 0 bridgehead atoms. The van der Waals surface area contributed by atoms with Crippen LogP contribution in [0.5, 0.6) is 5.75 Å². The molecule has 2 atom stereocenters. The van der Waals surface area contributed by atoms with Gasteiger partial charge in [0.2, 0.25) is 0 Å². The van der Waals surface area contributed by atoms with E-state index in [0.29, 0.717) is 0 Å². The Hall–Kier alpha value is -3.41. The Labute approximate surface area is 187 Å². The lowest BCUT2D eigenvalue weighted by Crippen LogP contribution is -2.39. The normalized spacial score (nSPS) is 21.8. The zero-order valence-corrected chi connectivity index (χ0v) is 18.3. The van der Waals surface area contributed by atoms with Crippen molar-refractivity contribution in [3.05, 3.63) is 83.2 Å². The lowest BCUT2D eigenvalue weighted by Gasteiger charge is -2.37. The number of imidazole rings is 1. The molecule has 2 fully saturated rings. The summed E-state index contributed by atoms with van der Waals surface area (Å²) in [6, 6.07) is 12.7. The molecule has 0 saturated carbocycles. The van der Waals surface area contributed by atoms with E-state index in [1.54, 1.807) is 25.6 Å². The van der Waals surface area contributed by atoms with Crippen LogP contribution in [-0.2, 0) is 4.79 Å². The van der Waals surface area contributed by atoms with Gasteiger partial charge in [0.1, 0.15) is 11.6 Å². The second kappa shape index (κ2) is 8.26. The summed E-state index contributed by atoms with van der Waals surface area (Å²) in [6.45, 7) is 1.95. The van der Waals surface area contributed by atoms with E-state index in [2.05, 4.69) is 4.98 Å². The summed E-state index contributed by atoms with van der Waals surface area (Å²) in [6.07, 6.45) is 9.41. The van der Waals surface area contributed by atoms with Crippen LogP contribution in [0.3, 0.4) is 0 Å². The highest BCUT2D eigenvalue weighted by molar-refractivity contribution is 6.00. The van der Waals surface area contributed by atoms with E-state index in [0.717, 1.165) is 59.5 Å². The second-order valence-corrected chi connectivity index (χ2v) is 8.59. The number of nitrogens with zero attached hydrogens (tertiary/aromatic N) is 3. The molecular weight excluding hydrogens is 405 g/mol. The van der Waals surface area contributed by atoms with Crippen LogP contribution in [0.4, 0.5) is 4.39 Å². The van der Waals surface area contributed by atoms with Gasteiger partial charge in [-0.25, -0.2) is 9.37 Å². The van der Waals surface area contributed by atoms with Crippen molar-refractivity contribution in [1.29, 1.82) is 0 Å². The smallest absolute Gasteiger partial charge is 0.250 e. The summed E-state index contributed by atoms with van der Waals surface area (Å²) >= 11 is 0. The van der Waals surface area contributed by atoms with E-state index in [4.69, 9.17) is 4.74 Å². The molecule has 1 aromatic heterocycles. The van der Waals surface area contributed by atoms with Gasteiger partial charge in [-0.3, -0.25) is 4.79 Å².